The topological polar surface area (TPSA) is 99.4 Å². The largest absolute Gasteiger partial charge is 0.393 e. The molecular formula is C46H66O6. The first-order chi connectivity index (χ1) is 24.3. The van der Waals surface area contributed by atoms with Gasteiger partial charge in [-0.25, -0.2) is 0 Å². The Balaban J connectivity index is 1.51. The molecule has 0 spiro atoms. The summed E-state index contributed by atoms with van der Waals surface area (Å²) < 4.78 is 11.8. The van der Waals surface area contributed by atoms with Crippen LogP contribution in [-0.2, 0) is 9.47 Å². The first kappa shape index (κ1) is 43.3. The summed E-state index contributed by atoms with van der Waals surface area (Å²) in [6, 6.07) is 0. The highest BCUT2D eigenvalue weighted by molar-refractivity contribution is 5.39. The molecule has 0 radical (unpaired) electrons. The summed E-state index contributed by atoms with van der Waals surface area (Å²) in [5, 5.41) is 40.7. The molecule has 0 amide bonds. The van der Waals surface area contributed by atoms with E-state index in [0.717, 1.165) is 30.4 Å². The zero-order valence-corrected chi connectivity index (χ0v) is 33.6. The van der Waals surface area contributed by atoms with Crippen LogP contribution in [0.1, 0.15) is 102 Å². The van der Waals surface area contributed by atoms with E-state index in [0.29, 0.717) is 6.42 Å². The van der Waals surface area contributed by atoms with Crippen molar-refractivity contribution in [1.82, 2.24) is 0 Å². The van der Waals surface area contributed by atoms with Gasteiger partial charge in [0.2, 0.25) is 0 Å². The molecule has 1 aliphatic heterocycles. The number of hydrogen-bond donors (Lipinski definition) is 4. The second-order valence-electron chi connectivity index (χ2n) is 16.5. The molecule has 6 heteroatoms. The van der Waals surface area contributed by atoms with Gasteiger partial charge in [0, 0.05) is 0 Å². The number of aliphatic hydroxyl groups excluding tert-OH is 4. The van der Waals surface area contributed by atoms with E-state index >= 15 is 0 Å². The summed E-state index contributed by atoms with van der Waals surface area (Å²) in [6.45, 7) is 23.1. The van der Waals surface area contributed by atoms with Crippen molar-refractivity contribution >= 4 is 0 Å². The van der Waals surface area contributed by atoms with E-state index in [-0.39, 0.29) is 23.0 Å². The minimum Gasteiger partial charge on any atom is -0.393 e. The van der Waals surface area contributed by atoms with Crippen LogP contribution in [0.5, 0.6) is 0 Å². The molecule has 6 nitrogen and oxygen atoms in total. The Bertz CT molecular complexity index is 1580. The van der Waals surface area contributed by atoms with Crippen LogP contribution >= 0.6 is 0 Å². The molecule has 0 saturated carbocycles. The summed E-state index contributed by atoms with van der Waals surface area (Å²) in [6.07, 6.45) is 26.9. The molecule has 1 fully saturated rings. The Morgan fingerprint density at radius 2 is 1.06 bits per heavy atom. The Labute approximate surface area is 314 Å². The fourth-order valence-corrected chi connectivity index (χ4v) is 7.51. The second kappa shape index (κ2) is 19.3. The molecule has 4 N–H and O–H groups in total. The van der Waals surface area contributed by atoms with Crippen LogP contribution in [0.15, 0.2) is 130 Å². The van der Waals surface area contributed by atoms with Crippen molar-refractivity contribution in [3.8, 4) is 0 Å². The lowest BCUT2D eigenvalue weighted by molar-refractivity contribution is -0.305. The quantitative estimate of drug-likeness (QED) is 0.150. The van der Waals surface area contributed by atoms with E-state index < -0.39 is 30.7 Å². The lowest BCUT2D eigenvalue weighted by Gasteiger charge is -2.43. The third-order valence-electron chi connectivity index (χ3n) is 10.4. The highest BCUT2D eigenvalue weighted by Gasteiger charge is 2.44. The molecule has 286 valence electrons. The van der Waals surface area contributed by atoms with Crippen LogP contribution in [0.4, 0.5) is 0 Å². The monoisotopic (exact) mass is 714 g/mol. The Morgan fingerprint density at radius 1 is 0.615 bits per heavy atom. The van der Waals surface area contributed by atoms with Crippen molar-refractivity contribution in [3.05, 3.63) is 130 Å². The molecule has 0 bridgehead atoms. The van der Waals surface area contributed by atoms with Crippen LogP contribution in [0, 0.1) is 10.8 Å². The van der Waals surface area contributed by atoms with Gasteiger partial charge in [-0.3, -0.25) is 0 Å². The minimum atomic E-state index is -1.30. The summed E-state index contributed by atoms with van der Waals surface area (Å²) in [5.41, 5.74) is 9.59. The van der Waals surface area contributed by atoms with Gasteiger partial charge >= 0.3 is 0 Å². The first-order valence-corrected chi connectivity index (χ1v) is 18.8. The Hall–Kier alpha value is -3.10. The van der Waals surface area contributed by atoms with Crippen molar-refractivity contribution in [3.63, 3.8) is 0 Å². The predicted octanol–water partition coefficient (Wildman–Crippen LogP) is 9.40. The Morgan fingerprint density at radius 3 is 1.54 bits per heavy atom. The summed E-state index contributed by atoms with van der Waals surface area (Å²) in [4.78, 5) is 0. The van der Waals surface area contributed by atoms with Gasteiger partial charge in [-0.2, -0.15) is 0 Å². The second-order valence-corrected chi connectivity index (χ2v) is 16.5. The SMILES string of the molecule is CC1=C(/C=C/C(C)=C/C=C/C(C)=C/C=C/C=C(C)/C=C/C=C(C)/C=C/C2=C(C)C[C@@H](O[C@H]3O[C@@H](C)[C@H](O)[C@@H](O)[C@H]3O)CC2(C)C)C(C)(C)C[C@H](O)C1. The fraction of sp³-hybridized carbons (Fsp3) is 0.522. The van der Waals surface area contributed by atoms with E-state index in [9.17, 15) is 20.4 Å². The van der Waals surface area contributed by atoms with Crippen molar-refractivity contribution in [2.45, 2.75) is 145 Å². The third kappa shape index (κ3) is 12.8. The number of aliphatic hydroxyl groups is 4. The molecule has 0 aromatic rings. The van der Waals surface area contributed by atoms with Crippen molar-refractivity contribution in [2.75, 3.05) is 0 Å². The highest BCUT2D eigenvalue weighted by atomic mass is 16.7. The molecule has 2 aliphatic carbocycles. The molecule has 1 heterocycles. The van der Waals surface area contributed by atoms with Crippen molar-refractivity contribution in [1.29, 1.82) is 0 Å². The lowest BCUT2D eigenvalue weighted by Crippen LogP contribution is -2.58. The Kier molecular flexibility index (Phi) is 16.1. The number of ether oxygens (including phenoxy) is 2. The fourth-order valence-electron chi connectivity index (χ4n) is 7.51. The van der Waals surface area contributed by atoms with E-state index in [1.165, 1.54) is 33.4 Å². The van der Waals surface area contributed by atoms with Gasteiger partial charge in [-0.1, -0.05) is 146 Å². The number of hydrogen-bond acceptors (Lipinski definition) is 6. The predicted molar refractivity (Wildman–Crippen MR) is 215 cm³/mol. The van der Waals surface area contributed by atoms with Crippen LogP contribution < -0.4 is 0 Å². The number of allylic oxidation sites excluding steroid dienone is 20. The molecule has 3 rings (SSSR count). The van der Waals surface area contributed by atoms with Gasteiger partial charge in [-0.05, 0) is 96.1 Å². The minimum absolute atomic E-state index is 0.0120. The standard InChI is InChI=1S/C46H66O6/c1-30(18-14-20-32(3)22-24-39-34(5)26-37(47)28-45(39,8)9)16-12-13-17-31(2)19-15-21-33(4)23-25-40-35(6)27-38(29-46(40,10)11)52-44-43(50)42(49)41(48)36(7)51-44/h12-25,36-38,41-44,47-50H,26-29H2,1-11H3/b13-12+,18-14+,19-15+,24-22+,25-23+,30-16+,31-17+,32-20+,33-21+/t36-,37+,38+,41-,42+,43+,44+/m0/s1. The molecule has 1 saturated heterocycles. The van der Waals surface area contributed by atoms with Gasteiger partial charge in [-0.15, -0.1) is 0 Å². The van der Waals surface area contributed by atoms with E-state index in [2.05, 4.69) is 154 Å². The molecule has 0 aromatic heterocycles. The van der Waals surface area contributed by atoms with Crippen LogP contribution in [0.2, 0.25) is 0 Å². The van der Waals surface area contributed by atoms with Gasteiger partial charge in [0.25, 0.3) is 0 Å². The molecule has 0 aromatic carbocycles. The first-order valence-electron chi connectivity index (χ1n) is 18.8. The zero-order chi connectivity index (χ0) is 38.8. The van der Waals surface area contributed by atoms with Gasteiger partial charge in [0.05, 0.1) is 18.3 Å². The van der Waals surface area contributed by atoms with E-state index in [4.69, 9.17) is 9.47 Å². The highest BCUT2D eigenvalue weighted by Crippen LogP contribution is 2.43. The van der Waals surface area contributed by atoms with Crippen LogP contribution in [0.25, 0.3) is 0 Å². The van der Waals surface area contributed by atoms with Crippen molar-refractivity contribution in [2.24, 2.45) is 10.8 Å². The summed E-state index contributed by atoms with van der Waals surface area (Å²) in [5.74, 6) is 0. The lowest BCUT2D eigenvalue weighted by atomic mass is 9.71. The van der Waals surface area contributed by atoms with E-state index in [1.54, 1.807) is 6.92 Å². The molecule has 52 heavy (non-hydrogen) atoms. The van der Waals surface area contributed by atoms with Gasteiger partial charge < -0.3 is 29.9 Å². The van der Waals surface area contributed by atoms with Crippen LogP contribution in [-0.4, -0.2) is 63.3 Å². The summed E-state index contributed by atoms with van der Waals surface area (Å²) in [7, 11) is 0. The maximum atomic E-state index is 10.4. The van der Waals surface area contributed by atoms with E-state index in [1.807, 2.05) is 0 Å². The average molecular weight is 715 g/mol. The van der Waals surface area contributed by atoms with Gasteiger partial charge in [0.1, 0.15) is 18.3 Å². The third-order valence-corrected chi connectivity index (χ3v) is 10.4. The molecule has 3 aliphatic rings. The van der Waals surface area contributed by atoms with Gasteiger partial charge in [0.15, 0.2) is 6.29 Å². The summed E-state index contributed by atoms with van der Waals surface area (Å²) >= 11 is 0. The normalized spacial score (nSPS) is 31.5. The average Bonchev–Trinajstić information content (AvgIpc) is 3.03. The number of rotatable bonds is 12. The molecular weight excluding hydrogens is 649 g/mol. The van der Waals surface area contributed by atoms with Crippen molar-refractivity contribution < 1.29 is 29.9 Å². The van der Waals surface area contributed by atoms with Crippen LogP contribution in [0.3, 0.4) is 0 Å². The maximum Gasteiger partial charge on any atom is 0.186 e. The molecule has 7 atom stereocenters. The smallest absolute Gasteiger partial charge is 0.186 e. The zero-order valence-electron chi connectivity index (χ0n) is 33.6. The molecule has 0 unspecified atom stereocenters. The maximum absolute atomic E-state index is 10.4.